The van der Waals surface area contributed by atoms with Crippen molar-refractivity contribution in [2.45, 2.75) is 19.0 Å². The molecule has 1 aliphatic heterocycles. The van der Waals surface area contributed by atoms with Gasteiger partial charge in [-0.2, -0.15) is 5.26 Å². The number of nitriles is 1. The van der Waals surface area contributed by atoms with Gasteiger partial charge in [-0.15, -0.1) is 0 Å². The predicted octanol–water partition coefficient (Wildman–Crippen LogP) is 3.58. The Hall–Kier alpha value is -3.40. The van der Waals surface area contributed by atoms with Crippen molar-refractivity contribution in [1.29, 1.82) is 5.26 Å². The number of hydrogen-bond acceptors (Lipinski definition) is 5. The van der Waals surface area contributed by atoms with Crippen LogP contribution in [0.25, 0.3) is 10.8 Å². The second kappa shape index (κ2) is 9.39. The quantitative estimate of drug-likeness (QED) is 0.648. The lowest BCUT2D eigenvalue weighted by Crippen LogP contribution is -2.57. The van der Waals surface area contributed by atoms with Crippen LogP contribution >= 0.6 is 0 Å². The maximum absolute atomic E-state index is 13.7. The molecule has 1 unspecified atom stereocenters. The van der Waals surface area contributed by atoms with Crippen molar-refractivity contribution in [3.05, 3.63) is 77.4 Å². The van der Waals surface area contributed by atoms with Crippen LogP contribution in [0, 0.1) is 11.3 Å². The van der Waals surface area contributed by atoms with E-state index in [0.717, 1.165) is 21.9 Å². The lowest BCUT2D eigenvalue weighted by atomic mass is 9.88. The monoisotopic (exact) mass is 429 g/mol. The third-order valence-corrected chi connectivity index (χ3v) is 6.28. The number of methoxy groups -OCH3 is 1. The van der Waals surface area contributed by atoms with E-state index in [1.807, 2.05) is 67.6 Å². The predicted molar refractivity (Wildman–Crippen MR) is 123 cm³/mol. The van der Waals surface area contributed by atoms with E-state index in [0.29, 0.717) is 37.6 Å². The summed E-state index contributed by atoms with van der Waals surface area (Å²) in [6.45, 7) is 4.76. The van der Waals surface area contributed by atoms with Gasteiger partial charge in [0.15, 0.2) is 0 Å². The van der Waals surface area contributed by atoms with Gasteiger partial charge in [-0.3, -0.25) is 9.69 Å². The highest BCUT2D eigenvalue weighted by Gasteiger charge is 2.41. The van der Waals surface area contributed by atoms with Crippen LogP contribution in [-0.2, 0) is 21.6 Å². The summed E-state index contributed by atoms with van der Waals surface area (Å²) < 4.78 is 11.1. The lowest BCUT2D eigenvalue weighted by Gasteiger charge is -2.42. The summed E-state index contributed by atoms with van der Waals surface area (Å²) in [5, 5.41) is 14.7. The molecule has 0 spiro atoms. The van der Waals surface area contributed by atoms with E-state index in [1.165, 1.54) is 0 Å². The molecule has 1 amide bonds. The van der Waals surface area contributed by atoms with Crippen molar-refractivity contribution in [1.82, 2.24) is 10.2 Å². The van der Waals surface area contributed by atoms with E-state index < -0.39 is 5.54 Å². The summed E-state index contributed by atoms with van der Waals surface area (Å²) in [6.07, 6.45) is 0. The standard InChI is InChI=1S/C26H27N3O3/c1-26(21-9-4-3-5-10-21,29-12-14-32-15-13-29)25(30)28-18-23-22-11-7-6-8-19(22)16-20(17-27)24(23)31-2/h3-11,16H,12-15,18H2,1-2H3,(H,28,30). The molecule has 4 rings (SSSR count). The van der Waals surface area contributed by atoms with Gasteiger partial charge >= 0.3 is 0 Å². The Kier molecular flexibility index (Phi) is 6.40. The second-order valence-electron chi connectivity index (χ2n) is 7.99. The van der Waals surface area contributed by atoms with E-state index in [4.69, 9.17) is 9.47 Å². The number of ether oxygens (including phenoxy) is 2. The average molecular weight is 430 g/mol. The van der Waals surface area contributed by atoms with Crippen LogP contribution in [0.3, 0.4) is 0 Å². The second-order valence-corrected chi connectivity index (χ2v) is 7.99. The van der Waals surface area contributed by atoms with Gasteiger partial charge in [0.05, 0.1) is 25.9 Å². The van der Waals surface area contributed by atoms with Crippen LogP contribution in [0.5, 0.6) is 5.75 Å². The molecule has 6 nitrogen and oxygen atoms in total. The first-order valence-electron chi connectivity index (χ1n) is 10.7. The fraction of sp³-hybridized carbons (Fsp3) is 0.308. The van der Waals surface area contributed by atoms with E-state index in [1.54, 1.807) is 7.11 Å². The van der Waals surface area contributed by atoms with E-state index in [-0.39, 0.29) is 12.5 Å². The molecule has 32 heavy (non-hydrogen) atoms. The van der Waals surface area contributed by atoms with Crippen LogP contribution in [-0.4, -0.2) is 44.2 Å². The Bertz CT molecular complexity index is 1150. The highest BCUT2D eigenvalue weighted by atomic mass is 16.5. The summed E-state index contributed by atoms with van der Waals surface area (Å²) in [5.74, 6) is 0.401. The van der Waals surface area contributed by atoms with Gasteiger partial charge in [-0.25, -0.2) is 0 Å². The van der Waals surface area contributed by atoms with Gasteiger partial charge in [-0.1, -0.05) is 54.6 Å². The molecular weight excluding hydrogens is 402 g/mol. The highest BCUT2D eigenvalue weighted by molar-refractivity contribution is 5.91. The molecule has 3 aromatic rings. The van der Waals surface area contributed by atoms with Crippen molar-refractivity contribution in [3.8, 4) is 11.8 Å². The van der Waals surface area contributed by atoms with Gasteiger partial charge < -0.3 is 14.8 Å². The number of nitrogens with zero attached hydrogens (tertiary/aromatic N) is 2. The summed E-state index contributed by atoms with van der Waals surface area (Å²) in [6, 6.07) is 21.7. The molecular formula is C26H27N3O3. The largest absolute Gasteiger partial charge is 0.495 e. The SMILES string of the molecule is COc1c(C#N)cc2ccccc2c1CNC(=O)C(C)(c1ccccc1)N1CCOCC1. The number of nitrogens with one attached hydrogen (secondary N) is 1. The highest BCUT2D eigenvalue weighted by Crippen LogP contribution is 2.33. The van der Waals surface area contributed by atoms with E-state index in [9.17, 15) is 10.1 Å². The van der Waals surface area contributed by atoms with Crippen LogP contribution in [0.2, 0.25) is 0 Å². The van der Waals surface area contributed by atoms with Gasteiger partial charge in [0.1, 0.15) is 17.4 Å². The Balaban J connectivity index is 1.70. The van der Waals surface area contributed by atoms with Crippen LogP contribution in [0.15, 0.2) is 60.7 Å². The molecule has 1 N–H and O–H groups in total. The molecule has 6 heteroatoms. The number of rotatable bonds is 6. The lowest BCUT2D eigenvalue weighted by molar-refractivity contribution is -0.136. The fourth-order valence-corrected chi connectivity index (χ4v) is 4.47. The Labute approximate surface area is 188 Å². The molecule has 0 bridgehead atoms. The number of amides is 1. The van der Waals surface area contributed by atoms with Crippen molar-refractivity contribution >= 4 is 16.7 Å². The number of carbonyl (C=O) groups is 1. The van der Waals surface area contributed by atoms with Crippen molar-refractivity contribution in [2.24, 2.45) is 0 Å². The van der Waals surface area contributed by atoms with Gasteiger partial charge in [0, 0.05) is 25.2 Å². The molecule has 1 atom stereocenters. The summed E-state index contributed by atoms with van der Waals surface area (Å²) >= 11 is 0. The first-order chi connectivity index (χ1) is 15.6. The number of benzene rings is 3. The van der Waals surface area contributed by atoms with Crippen molar-refractivity contribution < 1.29 is 14.3 Å². The number of hydrogen-bond donors (Lipinski definition) is 1. The smallest absolute Gasteiger partial charge is 0.245 e. The topological polar surface area (TPSA) is 74.6 Å². The van der Waals surface area contributed by atoms with Crippen molar-refractivity contribution in [3.63, 3.8) is 0 Å². The zero-order chi connectivity index (χ0) is 22.6. The molecule has 0 aromatic heterocycles. The molecule has 0 aliphatic carbocycles. The zero-order valence-corrected chi connectivity index (χ0v) is 18.4. The minimum Gasteiger partial charge on any atom is -0.495 e. The van der Waals surface area contributed by atoms with E-state index in [2.05, 4.69) is 16.3 Å². The summed E-state index contributed by atoms with van der Waals surface area (Å²) in [7, 11) is 1.55. The van der Waals surface area contributed by atoms with Crippen molar-refractivity contribution in [2.75, 3.05) is 33.4 Å². The van der Waals surface area contributed by atoms with Gasteiger partial charge in [0.25, 0.3) is 0 Å². The van der Waals surface area contributed by atoms with Gasteiger partial charge in [0.2, 0.25) is 5.91 Å². The van der Waals surface area contributed by atoms with Crippen LogP contribution in [0.4, 0.5) is 0 Å². The molecule has 1 saturated heterocycles. The molecule has 1 fully saturated rings. The Morgan fingerprint density at radius 2 is 1.84 bits per heavy atom. The molecule has 0 radical (unpaired) electrons. The van der Waals surface area contributed by atoms with E-state index >= 15 is 0 Å². The average Bonchev–Trinajstić information content (AvgIpc) is 2.86. The number of carbonyl (C=O) groups excluding carboxylic acids is 1. The fourth-order valence-electron chi connectivity index (χ4n) is 4.47. The first-order valence-corrected chi connectivity index (χ1v) is 10.7. The minimum atomic E-state index is -0.846. The number of fused-ring (bicyclic) bond motifs is 1. The summed E-state index contributed by atoms with van der Waals surface area (Å²) in [4.78, 5) is 15.9. The van der Waals surface area contributed by atoms with Gasteiger partial charge in [-0.05, 0) is 29.3 Å². The maximum atomic E-state index is 13.7. The van der Waals surface area contributed by atoms with Crippen LogP contribution in [0.1, 0.15) is 23.6 Å². The molecule has 0 saturated carbocycles. The Morgan fingerprint density at radius 3 is 2.53 bits per heavy atom. The third kappa shape index (κ3) is 3.93. The normalized spacial score (nSPS) is 16.2. The minimum absolute atomic E-state index is 0.0981. The molecule has 164 valence electrons. The molecule has 1 aliphatic rings. The third-order valence-electron chi connectivity index (χ3n) is 6.28. The zero-order valence-electron chi connectivity index (χ0n) is 18.4. The molecule has 3 aromatic carbocycles. The first kappa shape index (κ1) is 21.8. The number of morpholine rings is 1. The summed E-state index contributed by atoms with van der Waals surface area (Å²) in [5.41, 5.74) is 1.34. The molecule has 1 heterocycles. The van der Waals surface area contributed by atoms with Crippen LogP contribution < -0.4 is 10.1 Å². The Morgan fingerprint density at radius 1 is 1.16 bits per heavy atom. The maximum Gasteiger partial charge on any atom is 0.245 e.